The minimum atomic E-state index is 0.241. The molecule has 0 radical (unpaired) electrons. The van der Waals surface area contributed by atoms with Crippen LogP contribution in [0.2, 0.25) is 5.02 Å². The van der Waals surface area contributed by atoms with Crippen molar-refractivity contribution < 1.29 is 5.11 Å². The number of rotatable bonds is 4. The van der Waals surface area contributed by atoms with E-state index in [0.29, 0.717) is 5.92 Å². The molecule has 0 aliphatic heterocycles. The van der Waals surface area contributed by atoms with Gasteiger partial charge in [-0.2, -0.15) is 0 Å². The molecule has 0 amide bonds. The SMILES string of the molecule is CCC(CCO)c1cccc(Cl)c1. The summed E-state index contributed by atoms with van der Waals surface area (Å²) in [6.45, 7) is 2.37. The second-order valence-corrected chi connectivity index (χ2v) is 3.61. The van der Waals surface area contributed by atoms with E-state index in [1.165, 1.54) is 5.56 Å². The van der Waals surface area contributed by atoms with E-state index in [2.05, 4.69) is 13.0 Å². The first kappa shape index (κ1) is 10.6. The van der Waals surface area contributed by atoms with E-state index >= 15 is 0 Å². The fraction of sp³-hybridized carbons (Fsp3) is 0.455. The van der Waals surface area contributed by atoms with Gasteiger partial charge in [-0.15, -0.1) is 0 Å². The third-order valence-electron chi connectivity index (χ3n) is 2.29. The van der Waals surface area contributed by atoms with Crippen LogP contribution in [0.5, 0.6) is 0 Å². The molecule has 0 saturated heterocycles. The van der Waals surface area contributed by atoms with Crippen molar-refractivity contribution >= 4 is 11.6 Å². The Morgan fingerprint density at radius 3 is 2.77 bits per heavy atom. The molecule has 72 valence electrons. The molecule has 13 heavy (non-hydrogen) atoms. The van der Waals surface area contributed by atoms with Crippen molar-refractivity contribution in [2.45, 2.75) is 25.7 Å². The molecule has 2 heteroatoms. The molecule has 0 heterocycles. The average Bonchev–Trinajstić information content (AvgIpc) is 2.14. The lowest BCUT2D eigenvalue weighted by molar-refractivity contribution is 0.274. The largest absolute Gasteiger partial charge is 0.396 e. The van der Waals surface area contributed by atoms with Crippen LogP contribution < -0.4 is 0 Å². The maximum Gasteiger partial charge on any atom is 0.0436 e. The minimum absolute atomic E-state index is 0.241. The summed E-state index contributed by atoms with van der Waals surface area (Å²) in [5, 5.41) is 9.64. The van der Waals surface area contributed by atoms with E-state index in [-0.39, 0.29) is 6.61 Å². The highest BCUT2D eigenvalue weighted by Crippen LogP contribution is 2.24. The van der Waals surface area contributed by atoms with Gasteiger partial charge < -0.3 is 5.11 Å². The van der Waals surface area contributed by atoms with E-state index in [1.807, 2.05) is 18.2 Å². The molecular weight excluding hydrogens is 184 g/mol. The zero-order valence-electron chi connectivity index (χ0n) is 7.83. The highest BCUT2D eigenvalue weighted by Gasteiger charge is 2.08. The third-order valence-corrected chi connectivity index (χ3v) is 2.53. The number of benzene rings is 1. The number of halogens is 1. The number of aliphatic hydroxyl groups excluding tert-OH is 1. The van der Waals surface area contributed by atoms with Gasteiger partial charge in [0.2, 0.25) is 0 Å². The van der Waals surface area contributed by atoms with Crippen LogP contribution in [0.1, 0.15) is 31.2 Å². The van der Waals surface area contributed by atoms with E-state index in [1.54, 1.807) is 0 Å². The molecule has 1 nitrogen and oxygen atoms in total. The summed E-state index contributed by atoms with van der Waals surface area (Å²) < 4.78 is 0. The second kappa shape index (κ2) is 5.25. The van der Waals surface area contributed by atoms with Crippen molar-refractivity contribution in [3.8, 4) is 0 Å². The van der Waals surface area contributed by atoms with Crippen LogP contribution in [0.4, 0.5) is 0 Å². The van der Waals surface area contributed by atoms with Gasteiger partial charge in [0.1, 0.15) is 0 Å². The summed E-state index contributed by atoms with van der Waals surface area (Å²) in [7, 11) is 0. The predicted octanol–water partition coefficient (Wildman–Crippen LogP) is 3.22. The fourth-order valence-electron chi connectivity index (χ4n) is 1.52. The van der Waals surface area contributed by atoms with Gasteiger partial charge in [-0.1, -0.05) is 30.7 Å². The summed E-state index contributed by atoms with van der Waals surface area (Å²) in [4.78, 5) is 0. The molecular formula is C11H15ClO. The monoisotopic (exact) mass is 198 g/mol. The summed E-state index contributed by atoms with van der Waals surface area (Å²) in [5.74, 6) is 0.434. The van der Waals surface area contributed by atoms with Crippen LogP contribution in [0.25, 0.3) is 0 Å². The smallest absolute Gasteiger partial charge is 0.0436 e. The number of aliphatic hydroxyl groups is 1. The van der Waals surface area contributed by atoms with Crippen LogP contribution in [0.3, 0.4) is 0 Å². The quantitative estimate of drug-likeness (QED) is 0.788. The molecule has 0 aromatic heterocycles. The van der Waals surface area contributed by atoms with Gasteiger partial charge in [0.15, 0.2) is 0 Å². The maximum absolute atomic E-state index is 8.87. The summed E-state index contributed by atoms with van der Waals surface area (Å²) in [5.41, 5.74) is 1.23. The van der Waals surface area contributed by atoms with Gasteiger partial charge in [-0.25, -0.2) is 0 Å². The molecule has 0 aliphatic carbocycles. The molecule has 1 aromatic rings. The Balaban J connectivity index is 2.78. The van der Waals surface area contributed by atoms with Crippen molar-refractivity contribution in [2.24, 2.45) is 0 Å². The normalized spacial score (nSPS) is 12.8. The minimum Gasteiger partial charge on any atom is -0.396 e. The molecule has 0 fully saturated rings. The van der Waals surface area contributed by atoms with Gasteiger partial charge in [-0.3, -0.25) is 0 Å². The predicted molar refractivity (Wildman–Crippen MR) is 56.2 cm³/mol. The lowest BCUT2D eigenvalue weighted by atomic mass is 9.94. The van der Waals surface area contributed by atoms with Crippen molar-refractivity contribution in [3.63, 3.8) is 0 Å². The molecule has 1 unspecified atom stereocenters. The van der Waals surface area contributed by atoms with Crippen LogP contribution in [-0.4, -0.2) is 11.7 Å². The van der Waals surface area contributed by atoms with Gasteiger partial charge in [0.25, 0.3) is 0 Å². The Kier molecular flexibility index (Phi) is 4.26. The van der Waals surface area contributed by atoms with E-state index < -0.39 is 0 Å². The fourth-order valence-corrected chi connectivity index (χ4v) is 1.72. The van der Waals surface area contributed by atoms with Crippen LogP contribution >= 0.6 is 11.6 Å². The summed E-state index contributed by atoms with van der Waals surface area (Å²) in [6, 6.07) is 7.87. The number of hydrogen-bond donors (Lipinski definition) is 1. The number of hydrogen-bond acceptors (Lipinski definition) is 1. The third kappa shape index (κ3) is 3.02. The highest BCUT2D eigenvalue weighted by atomic mass is 35.5. The standard InChI is InChI=1S/C11H15ClO/c1-2-9(6-7-13)10-4-3-5-11(12)8-10/h3-5,8-9,13H,2,6-7H2,1H3. The molecule has 1 aromatic carbocycles. The Bertz CT molecular complexity index is 260. The van der Waals surface area contributed by atoms with Gasteiger partial charge in [0.05, 0.1) is 0 Å². The Hall–Kier alpha value is -0.530. The highest BCUT2D eigenvalue weighted by molar-refractivity contribution is 6.30. The van der Waals surface area contributed by atoms with Crippen LogP contribution in [0.15, 0.2) is 24.3 Å². The molecule has 1 rings (SSSR count). The summed E-state index contributed by atoms with van der Waals surface area (Å²) >= 11 is 5.88. The first-order valence-corrected chi connectivity index (χ1v) is 5.02. The average molecular weight is 199 g/mol. The molecule has 1 N–H and O–H groups in total. The summed E-state index contributed by atoms with van der Waals surface area (Å²) in [6.07, 6.45) is 1.86. The zero-order chi connectivity index (χ0) is 9.68. The van der Waals surface area contributed by atoms with Crippen molar-refractivity contribution in [3.05, 3.63) is 34.9 Å². The maximum atomic E-state index is 8.87. The van der Waals surface area contributed by atoms with Crippen molar-refractivity contribution in [2.75, 3.05) is 6.61 Å². The Morgan fingerprint density at radius 2 is 2.23 bits per heavy atom. The van der Waals surface area contributed by atoms with E-state index in [9.17, 15) is 0 Å². The molecule has 0 saturated carbocycles. The van der Waals surface area contributed by atoms with Crippen molar-refractivity contribution in [1.29, 1.82) is 0 Å². The zero-order valence-corrected chi connectivity index (χ0v) is 8.59. The van der Waals surface area contributed by atoms with E-state index in [0.717, 1.165) is 17.9 Å². The molecule has 0 aliphatic rings. The van der Waals surface area contributed by atoms with E-state index in [4.69, 9.17) is 16.7 Å². The Labute approximate surface area is 84.4 Å². The molecule has 1 atom stereocenters. The first-order valence-electron chi connectivity index (χ1n) is 4.64. The Morgan fingerprint density at radius 1 is 1.46 bits per heavy atom. The lowest BCUT2D eigenvalue weighted by Crippen LogP contribution is -1.99. The van der Waals surface area contributed by atoms with Gasteiger partial charge in [-0.05, 0) is 36.5 Å². The second-order valence-electron chi connectivity index (χ2n) is 3.17. The van der Waals surface area contributed by atoms with Crippen LogP contribution in [-0.2, 0) is 0 Å². The van der Waals surface area contributed by atoms with Crippen LogP contribution in [0, 0.1) is 0 Å². The lowest BCUT2D eigenvalue weighted by Gasteiger charge is -2.13. The first-order chi connectivity index (χ1) is 6.27. The van der Waals surface area contributed by atoms with Crippen molar-refractivity contribution in [1.82, 2.24) is 0 Å². The topological polar surface area (TPSA) is 20.2 Å². The van der Waals surface area contributed by atoms with Gasteiger partial charge in [0, 0.05) is 11.6 Å². The van der Waals surface area contributed by atoms with Gasteiger partial charge >= 0.3 is 0 Å². The molecule has 0 spiro atoms. The molecule has 0 bridgehead atoms.